The molecule has 1 aromatic carbocycles. The summed E-state index contributed by atoms with van der Waals surface area (Å²) in [6.07, 6.45) is 4.92. The number of anilines is 2. The van der Waals surface area contributed by atoms with Crippen molar-refractivity contribution < 1.29 is 9.53 Å². The van der Waals surface area contributed by atoms with Crippen LogP contribution in [0.2, 0.25) is 0 Å². The van der Waals surface area contributed by atoms with Crippen LogP contribution in [-0.2, 0) is 30.0 Å². The Morgan fingerprint density at radius 1 is 1.14 bits per heavy atom. The van der Waals surface area contributed by atoms with Crippen LogP contribution in [0.3, 0.4) is 0 Å². The van der Waals surface area contributed by atoms with Gasteiger partial charge >= 0.3 is 0 Å². The quantitative estimate of drug-likeness (QED) is 0.426. The summed E-state index contributed by atoms with van der Waals surface area (Å²) in [6, 6.07) is 9.96. The van der Waals surface area contributed by atoms with Crippen molar-refractivity contribution in [3.63, 3.8) is 0 Å². The van der Waals surface area contributed by atoms with Gasteiger partial charge in [0.25, 0.3) is 5.91 Å². The molecule has 36 heavy (non-hydrogen) atoms. The number of carbonyl (C=O) groups is 1. The molecule has 0 bridgehead atoms. The van der Waals surface area contributed by atoms with Crippen molar-refractivity contribution in [3.05, 3.63) is 71.4 Å². The zero-order valence-corrected chi connectivity index (χ0v) is 20.9. The number of nitrogens with zero attached hydrogens (tertiary/aromatic N) is 6. The maximum atomic E-state index is 12.6. The van der Waals surface area contributed by atoms with Crippen LogP contribution < -0.4 is 10.6 Å². The lowest BCUT2D eigenvalue weighted by Crippen LogP contribution is -2.24. The highest BCUT2D eigenvalue weighted by molar-refractivity contribution is 5.93. The molecular weight excluding hydrogens is 456 g/mol. The molecule has 1 amide bonds. The Balaban J connectivity index is 1.25. The van der Waals surface area contributed by atoms with E-state index < -0.39 is 0 Å². The highest BCUT2D eigenvalue weighted by atomic mass is 16.5. The molecule has 4 aromatic rings. The number of nitrogens with one attached hydrogen (secondary N) is 2. The predicted molar refractivity (Wildman–Crippen MR) is 136 cm³/mol. The van der Waals surface area contributed by atoms with Crippen molar-refractivity contribution in [2.75, 3.05) is 11.9 Å². The Labute approximate surface area is 209 Å². The summed E-state index contributed by atoms with van der Waals surface area (Å²) in [5.41, 5.74) is 5.28. The SMILES string of the molecule is Cc1cc(-c2cc(Nc3cc4n(n3)CCOC4)ncn2)ccc1CNC(=O)c1cnn(C(C)(C)C)c1. The number of rotatable bonds is 6. The third kappa shape index (κ3) is 5.13. The molecule has 0 fully saturated rings. The first-order valence-electron chi connectivity index (χ1n) is 11.9. The van der Waals surface area contributed by atoms with Gasteiger partial charge in [-0.05, 0) is 44.9 Å². The number of carbonyl (C=O) groups excluding carboxylic acids is 1. The molecule has 5 rings (SSSR count). The highest BCUT2D eigenvalue weighted by Crippen LogP contribution is 2.24. The summed E-state index contributed by atoms with van der Waals surface area (Å²) in [4.78, 5) is 21.4. The average Bonchev–Trinajstić information content (AvgIpc) is 3.50. The molecule has 1 aliphatic heterocycles. The van der Waals surface area contributed by atoms with Crippen LogP contribution >= 0.6 is 0 Å². The van der Waals surface area contributed by atoms with Gasteiger partial charge in [-0.1, -0.05) is 12.1 Å². The van der Waals surface area contributed by atoms with Crippen LogP contribution in [0.25, 0.3) is 11.3 Å². The zero-order chi connectivity index (χ0) is 25.3. The van der Waals surface area contributed by atoms with Gasteiger partial charge in [0.2, 0.25) is 0 Å². The first-order chi connectivity index (χ1) is 17.3. The van der Waals surface area contributed by atoms with E-state index in [9.17, 15) is 4.79 Å². The largest absolute Gasteiger partial charge is 0.373 e. The first kappa shape index (κ1) is 23.7. The molecule has 0 radical (unpaired) electrons. The van der Waals surface area contributed by atoms with Crippen molar-refractivity contribution in [2.24, 2.45) is 0 Å². The van der Waals surface area contributed by atoms with E-state index in [1.54, 1.807) is 17.1 Å². The van der Waals surface area contributed by atoms with E-state index in [1.807, 2.05) is 56.6 Å². The second-order valence-corrected chi connectivity index (χ2v) is 9.88. The van der Waals surface area contributed by atoms with Gasteiger partial charge in [-0.25, -0.2) is 9.97 Å². The van der Waals surface area contributed by atoms with Crippen LogP contribution in [-0.4, -0.2) is 42.0 Å². The molecule has 186 valence electrons. The molecule has 3 aromatic heterocycles. The van der Waals surface area contributed by atoms with Crippen LogP contribution in [0.5, 0.6) is 0 Å². The molecule has 0 aliphatic carbocycles. The lowest BCUT2D eigenvalue weighted by Gasteiger charge is -2.18. The molecular formula is C26H30N8O2. The van der Waals surface area contributed by atoms with Crippen molar-refractivity contribution in [2.45, 2.75) is 52.9 Å². The smallest absolute Gasteiger partial charge is 0.254 e. The second-order valence-electron chi connectivity index (χ2n) is 9.88. The maximum Gasteiger partial charge on any atom is 0.254 e. The Hall–Kier alpha value is -4.05. The lowest BCUT2D eigenvalue weighted by atomic mass is 10.0. The van der Waals surface area contributed by atoms with Crippen LogP contribution in [0.1, 0.15) is 48.0 Å². The first-order valence-corrected chi connectivity index (χ1v) is 11.9. The highest BCUT2D eigenvalue weighted by Gasteiger charge is 2.17. The van der Waals surface area contributed by atoms with Crippen molar-refractivity contribution >= 4 is 17.5 Å². The minimum Gasteiger partial charge on any atom is -0.373 e. The lowest BCUT2D eigenvalue weighted by molar-refractivity contribution is 0.0801. The zero-order valence-electron chi connectivity index (χ0n) is 20.9. The second kappa shape index (κ2) is 9.54. The molecule has 0 unspecified atom stereocenters. The van der Waals surface area contributed by atoms with Crippen LogP contribution in [0.15, 0.2) is 49.1 Å². The molecule has 0 saturated carbocycles. The Bertz CT molecular complexity index is 1380. The van der Waals surface area contributed by atoms with E-state index in [0.29, 0.717) is 31.1 Å². The Kier molecular flexibility index (Phi) is 6.27. The topological polar surface area (TPSA) is 112 Å². The van der Waals surface area contributed by atoms with Gasteiger partial charge in [0.1, 0.15) is 12.1 Å². The predicted octanol–water partition coefficient (Wildman–Crippen LogP) is 3.80. The summed E-state index contributed by atoms with van der Waals surface area (Å²) in [6.45, 7) is 10.6. The third-order valence-electron chi connectivity index (χ3n) is 6.09. The summed E-state index contributed by atoms with van der Waals surface area (Å²) < 4.78 is 9.23. The van der Waals surface area contributed by atoms with Crippen LogP contribution in [0, 0.1) is 6.92 Å². The number of amides is 1. The fourth-order valence-corrected chi connectivity index (χ4v) is 4.01. The number of fused-ring (bicyclic) bond motifs is 1. The number of aromatic nitrogens is 6. The van der Waals surface area contributed by atoms with E-state index in [2.05, 4.69) is 36.9 Å². The number of benzene rings is 1. The summed E-state index contributed by atoms with van der Waals surface area (Å²) >= 11 is 0. The summed E-state index contributed by atoms with van der Waals surface area (Å²) in [5, 5.41) is 15.1. The summed E-state index contributed by atoms with van der Waals surface area (Å²) in [5.74, 6) is 1.25. The molecule has 0 atom stereocenters. The van der Waals surface area contributed by atoms with E-state index in [0.717, 1.165) is 40.4 Å². The fraction of sp³-hybridized carbons (Fsp3) is 0.346. The van der Waals surface area contributed by atoms with Crippen molar-refractivity contribution in [1.29, 1.82) is 0 Å². The molecule has 10 nitrogen and oxygen atoms in total. The number of hydrogen-bond acceptors (Lipinski definition) is 7. The van der Waals surface area contributed by atoms with Gasteiger partial charge in [-0.15, -0.1) is 0 Å². The van der Waals surface area contributed by atoms with Gasteiger partial charge in [0.15, 0.2) is 5.82 Å². The molecule has 1 aliphatic rings. The van der Waals surface area contributed by atoms with Gasteiger partial charge in [0.05, 0.1) is 48.4 Å². The molecule has 4 heterocycles. The third-order valence-corrected chi connectivity index (χ3v) is 6.09. The number of aryl methyl sites for hydroxylation is 1. The van der Waals surface area contributed by atoms with Gasteiger partial charge < -0.3 is 15.4 Å². The summed E-state index contributed by atoms with van der Waals surface area (Å²) in [7, 11) is 0. The van der Waals surface area contributed by atoms with Gasteiger partial charge in [0, 0.05) is 30.4 Å². The number of hydrogen-bond donors (Lipinski definition) is 2. The number of ether oxygens (including phenoxy) is 1. The van der Waals surface area contributed by atoms with Crippen molar-refractivity contribution in [1.82, 2.24) is 34.8 Å². The van der Waals surface area contributed by atoms with E-state index in [1.165, 1.54) is 6.33 Å². The van der Waals surface area contributed by atoms with E-state index >= 15 is 0 Å². The minimum absolute atomic E-state index is 0.145. The molecule has 0 spiro atoms. The van der Waals surface area contributed by atoms with Crippen LogP contribution in [0.4, 0.5) is 11.6 Å². The molecule has 0 saturated heterocycles. The monoisotopic (exact) mass is 486 g/mol. The molecule has 2 N–H and O–H groups in total. The van der Waals surface area contributed by atoms with Gasteiger partial charge in [-0.2, -0.15) is 10.2 Å². The maximum absolute atomic E-state index is 12.6. The standard InChI is InChI=1S/C26H30N8O2/c1-17-9-18(5-6-19(17)12-27-25(35)20-13-30-34(14-20)26(2,3)4)22-11-23(29-16-28-22)31-24-10-21-15-36-8-7-33(21)32-24/h5-6,9-11,13-14,16H,7-8,12,15H2,1-4H3,(H,27,35)(H,28,29,31,32). The Morgan fingerprint density at radius 2 is 2.00 bits per heavy atom. The van der Waals surface area contributed by atoms with E-state index in [-0.39, 0.29) is 11.4 Å². The van der Waals surface area contributed by atoms with Crippen molar-refractivity contribution in [3.8, 4) is 11.3 Å². The average molecular weight is 487 g/mol. The Morgan fingerprint density at radius 3 is 2.75 bits per heavy atom. The normalized spacial score (nSPS) is 13.3. The molecule has 10 heteroatoms. The minimum atomic E-state index is -0.172. The van der Waals surface area contributed by atoms with Gasteiger partial charge in [-0.3, -0.25) is 14.2 Å². The van der Waals surface area contributed by atoms with E-state index in [4.69, 9.17) is 4.74 Å². The fourth-order valence-electron chi connectivity index (χ4n) is 4.01.